The Kier molecular flexibility index (Phi) is 6.56. The molecule has 2 aromatic rings. The van der Waals surface area contributed by atoms with E-state index in [-0.39, 0.29) is 11.6 Å². The number of carboxylic acids is 1. The van der Waals surface area contributed by atoms with Gasteiger partial charge in [0.2, 0.25) is 0 Å². The fraction of sp³-hybridized carbons (Fsp3) is 0.389. The summed E-state index contributed by atoms with van der Waals surface area (Å²) >= 11 is 0. The molecule has 1 heterocycles. The van der Waals surface area contributed by atoms with Crippen LogP contribution in [0.3, 0.4) is 0 Å². The first-order valence-electron chi connectivity index (χ1n) is 8.36. The van der Waals surface area contributed by atoms with Crippen molar-refractivity contribution >= 4 is 12.0 Å². The van der Waals surface area contributed by atoms with Crippen LogP contribution in [0.2, 0.25) is 0 Å². The molecular formula is C18H24N4O3. The molecule has 134 valence electrons. The number of aromatic carboxylic acids is 1. The Hall–Kier alpha value is -2.83. The summed E-state index contributed by atoms with van der Waals surface area (Å²) in [5.74, 6) is -0.966. The Bertz CT molecular complexity index is 722. The zero-order chi connectivity index (χ0) is 18.2. The average Bonchev–Trinajstić information content (AvgIpc) is 2.96. The van der Waals surface area contributed by atoms with E-state index >= 15 is 0 Å². The molecule has 0 spiro atoms. The van der Waals surface area contributed by atoms with E-state index in [0.29, 0.717) is 13.1 Å². The molecule has 0 atom stereocenters. The third kappa shape index (κ3) is 5.63. The molecule has 3 N–H and O–H groups in total. The highest BCUT2D eigenvalue weighted by Crippen LogP contribution is 2.07. The summed E-state index contributed by atoms with van der Waals surface area (Å²) in [6.45, 7) is 5.71. The quantitative estimate of drug-likeness (QED) is 0.686. The Morgan fingerprint density at radius 1 is 1.16 bits per heavy atom. The van der Waals surface area contributed by atoms with Crippen molar-refractivity contribution in [3.05, 3.63) is 52.8 Å². The van der Waals surface area contributed by atoms with Crippen LogP contribution in [0, 0.1) is 6.92 Å². The molecule has 0 aliphatic carbocycles. The maximum atomic E-state index is 11.9. The van der Waals surface area contributed by atoms with Crippen LogP contribution >= 0.6 is 0 Å². The third-order valence-corrected chi connectivity index (χ3v) is 3.88. The standard InChI is InChI=1S/C18H24N4O3/c1-3-4-9-22-12-16(13(2)21-22)11-20-18(25)19-10-14-5-7-15(8-6-14)17(23)24/h5-8,12H,3-4,9-11H2,1-2H3,(H,23,24)(H2,19,20,25). The number of nitrogens with zero attached hydrogens (tertiary/aromatic N) is 2. The number of aromatic nitrogens is 2. The van der Waals surface area contributed by atoms with E-state index in [2.05, 4.69) is 22.7 Å². The van der Waals surface area contributed by atoms with Gasteiger partial charge in [-0.3, -0.25) is 4.68 Å². The zero-order valence-corrected chi connectivity index (χ0v) is 14.6. The maximum absolute atomic E-state index is 11.9. The lowest BCUT2D eigenvalue weighted by atomic mass is 10.1. The number of urea groups is 1. The van der Waals surface area contributed by atoms with Gasteiger partial charge in [0.15, 0.2) is 0 Å². The molecule has 2 amide bonds. The lowest BCUT2D eigenvalue weighted by Crippen LogP contribution is -2.34. The summed E-state index contributed by atoms with van der Waals surface area (Å²) in [6, 6.07) is 6.14. The number of carbonyl (C=O) groups is 2. The number of hydrogen-bond acceptors (Lipinski definition) is 3. The van der Waals surface area contributed by atoms with Crippen molar-refractivity contribution in [2.75, 3.05) is 0 Å². The van der Waals surface area contributed by atoms with Gasteiger partial charge in [-0.25, -0.2) is 9.59 Å². The van der Waals surface area contributed by atoms with Crippen LogP contribution in [0.15, 0.2) is 30.5 Å². The van der Waals surface area contributed by atoms with Crippen LogP contribution < -0.4 is 10.6 Å². The van der Waals surface area contributed by atoms with Gasteiger partial charge in [0.1, 0.15) is 0 Å². The number of benzene rings is 1. The van der Waals surface area contributed by atoms with E-state index in [1.165, 1.54) is 12.1 Å². The van der Waals surface area contributed by atoms with Gasteiger partial charge in [-0.05, 0) is 31.0 Å². The minimum Gasteiger partial charge on any atom is -0.478 e. The van der Waals surface area contributed by atoms with Crippen LogP contribution in [0.1, 0.15) is 46.9 Å². The highest BCUT2D eigenvalue weighted by atomic mass is 16.4. The van der Waals surface area contributed by atoms with Gasteiger partial charge in [0.25, 0.3) is 0 Å². The summed E-state index contributed by atoms with van der Waals surface area (Å²) in [4.78, 5) is 22.7. The molecule has 0 fully saturated rings. The largest absolute Gasteiger partial charge is 0.478 e. The summed E-state index contributed by atoms with van der Waals surface area (Å²) in [7, 11) is 0. The van der Waals surface area contributed by atoms with E-state index in [1.807, 2.05) is 17.8 Å². The Morgan fingerprint density at radius 2 is 1.84 bits per heavy atom. The van der Waals surface area contributed by atoms with Crippen molar-refractivity contribution in [1.29, 1.82) is 0 Å². The summed E-state index contributed by atoms with van der Waals surface area (Å²) in [5, 5.41) is 18.9. The first-order valence-corrected chi connectivity index (χ1v) is 8.36. The molecule has 1 aromatic heterocycles. The maximum Gasteiger partial charge on any atom is 0.335 e. The number of rotatable bonds is 8. The third-order valence-electron chi connectivity index (χ3n) is 3.88. The molecule has 2 rings (SSSR count). The predicted molar refractivity (Wildman–Crippen MR) is 94.3 cm³/mol. The lowest BCUT2D eigenvalue weighted by Gasteiger charge is -2.07. The molecular weight excluding hydrogens is 320 g/mol. The van der Waals surface area contributed by atoms with Gasteiger partial charge in [-0.2, -0.15) is 5.10 Å². The number of hydrogen-bond donors (Lipinski definition) is 3. The highest BCUT2D eigenvalue weighted by Gasteiger charge is 2.07. The van der Waals surface area contributed by atoms with Gasteiger partial charge in [-0.1, -0.05) is 25.5 Å². The van der Waals surface area contributed by atoms with Crippen LogP contribution in [-0.4, -0.2) is 26.9 Å². The second-order valence-electron chi connectivity index (χ2n) is 5.89. The van der Waals surface area contributed by atoms with E-state index in [0.717, 1.165) is 36.2 Å². The van der Waals surface area contributed by atoms with Crippen LogP contribution in [-0.2, 0) is 19.6 Å². The number of carbonyl (C=O) groups excluding carboxylic acids is 1. The molecule has 0 bridgehead atoms. The number of aryl methyl sites for hydroxylation is 2. The molecule has 0 aliphatic heterocycles. The highest BCUT2D eigenvalue weighted by molar-refractivity contribution is 5.87. The Balaban J connectivity index is 1.78. The molecule has 25 heavy (non-hydrogen) atoms. The van der Waals surface area contributed by atoms with Crippen molar-refractivity contribution < 1.29 is 14.7 Å². The Morgan fingerprint density at radius 3 is 2.48 bits per heavy atom. The molecule has 0 saturated heterocycles. The van der Waals surface area contributed by atoms with Crippen LogP contribution in [0.25, 0.3) is 0 Å². The summed E-state index contributed by atoms with van der Waals surface area (Å²) < 4.78 is 1.91. The number of unbranched alkanes of at least 4 members (excludes halogenated alkanes) is 1. The van der Waals surface area contributed by atoms with Gasteiger partial charge < -0.3 is 15.7 Å². The van der Waals surface area contributed by atoms with Gasteiger partial charge >= 0.3 is 12.0 Å². The SMILES string of the molecule is CCCCn1cc(CNC(=O)NCc2ccc(C(=O)O)cc2)c(C)n1. The first-order chi connectivity index (χ1) is 12.0. The average molecular weight is 344 g/mol. The second kappa shape index (κ2) is 8.86. The first kappa shape index (κ1) is 18.5. The van der Waals surface area contributed by atoms with Crippen molar-refractivity contribution in [1.82, 2.24) is 20.4 Å². The molecule has 0 unspecified atom stereocenters. The van der Waals surface area contributed by atoms with E-state index < -0.39 is 5.97 Å². The second-order valence-corrected chi connectivity index (χ2v) is 5.89. The summed E-state index contributed by atoms with van der Waals surface area (Å²) in [5.41, 5.74) is 2.98. The Labute approximate surface area is 147 Å². The minimum absolute atomic E-state index is 0.226. The molecule has 7 nitrogen and oxygen atoms in total. The predicted octanol–water partition coefficient (Wildman–Crippen LogP) is 2.69. The fourth-order valence-electron chi connectivity index (χ4n) is 2.35. The smallest absolute Gasteiger partial charge is 0.335 e. The van der Waals surface area contributed by atoms with Crippen LogP contribution in [0.4, 0.5) is 4.79 Å². The molecule has 0 saturated carbocycles. The normalized spacial score (nSPS) is 10.5. The number of carboxylic acid groups (broad SMARTS) is 1. The lowest BCUT2D eigenvalue weighted by molar-refractivity contribution is 0.0697. The molecule has 7 heteroatoms. The zero-order valence-electron chi connectivity index (χ0n) is 14.6. The number of nitrogens with one attached hydrogen (secondary N) is 2. The van der Waals surface area contributed by atoms with Crippen molar-refractivity contribution in [3.63, 3.8) is 0 Å². The summed E-state index contributed by atoms with van der Waals surface area (Å²) in [6.07, 6.45) is 4.16. The van der Waals surface area contributed by atoms with Gasteiger partial charge in [0, 0.05) is 31.4 Å². The van der Waals surface area contributed by atoms with E-state index in [9.17, 15) is 9.59 Å². The van der Waals surface area contributed by atoms with Gasteiger partial charge in [-0.15, -0.1) is 0 Å². The van der Waals surface area contributed by atoms with Crippen molar-refractivity contribution in [2.45, 2.75) is 46.3 Å². The minimum atomic E-state index is -0.966. The van der Waals surface area contributed by atoms with Crippen LogP contribution in [0.5, 0.6) is 0 Å². The van der Waals surface area contributed by atoms with Crippen molar-refractivity contribution in [2.24, 2.45) is 0 Å². The van der Waals surface area contributed by atoms with E-state index in [1.54, 1.807) is 12.1 Å². The fourth-order valence-corrected chi connectivity index (χ4v) is 2.35. The van der Waals surface area contributed by atoms with E-state index in [4.69, 9.17) is 5.11 Å². The molecule has 0 aliphatic rings. The van der Waals surface area contributed by atoms with Crippen molar-refractivity contribution in [3.8, 4) is 0 Å². The molecule has 0 radical (unpaired) electrons. The number of amides is 2. The molecule has 1 aromatic carbocycles. The van der Waals surface area contributed by atoms with Gasteiger partial charge in [0.05, 0.1) is 11.3 Å². The monoisotopic (exact) mass is 344 g/mol. The topological polar surface area (TPSA) is 96.2 Å².